The van der Waals surface area contributed by atoms with E-state index in [1.165, 1.54) is 19.3 Å². The second-order valence-corrected chi connectivity index (χ2v) is 6.27. The number of ketones is 1. The van der Waals surface area contributed by atoms with E-state index in [0.29, 0.717) is 17.7 Å². The lowest BCUT2D eigenvalue weighted by Gasteiger charge is -2.38. The van der Waals surface area contributed by atoms with Gasteiger partial charge in [-0.3, -0.25) is 14.7 Å². The Morgan fingerprint density at radius 2 is 2.15 bits per heavy atom. The van der Waals surface area contributed by atoms with Crippen molar-refractivity contribution in [2.45, 2.75) is 58.0 Å². The van der Waals surface area contributed by atoms with Crippen LogP contribution >= 0.6 is 0 Å². The zero-order valence-corrected chi connectivity index (χ0v) is 12.3. The van der Waals surface area contributed by atoms with Gasteiger partial charge in [-0.15, -0.1) is 0 Å². The molecule has 2 aliphatic rings. The largest absolute Gasteiger partial charge is 0.299 e. The van der Waals surface area contributed by atoms with Crippen molar-refractivity contribution < 1.29 is 4.79 Å². The number of carbonyl (C=O) groups is 1. The molecule has 2 fully saturated rings. The number of rotatable bonds is 3. The first kappa shape index (κ1) is 13.7. The van der Waals surface area contributed by atoms with Gasteiger partial charge in [0.2, 0.25) is 0 Å². The summed E-state index contributed by atoms with van der Waals surface area (Å²) >= 11 is 0. The Morgan fingerprint density at radius 1 is 1.25 bits per heavy atom. The van der Waals surface area contributed by atoms with Crippen LogP contribution < -0.4 is 0 Å². The zero-order valence-electron chi connectivity index (χ0n) is 12.3. The quantitative estimate of drug-likeness (QED) is 0.847. The number of Topliss-reactive ketones (excluding diaryl/α,β-unsaturated/α-hetero) is 1. The minimum absolute atomic E-state index is 0.292. The third-order valence-electron chi connectivity index (χ3n) is 4.79. The van der Waals surface area contributed by atoms with Gasteiger partial charge < -0.3 is 0 Å². The molecule has 1 saturated heterocycles. The van der Waals surface area contributed by atoms with Crippen molar-refractivity contribution in [1.82, 2.24) is 9.88 Å². The van der Waals surface area contributed by atoms with Crippen LogP contribution in [0.4, 0.5) is 0 Å². The Labute approximate surface area is 121 Å². The highest BCUT2D eigenvalue weighted by atomic mass is 16.1. The molecule has 0 N–H and O–H groups in total. The number of hydrogen-bond acceptors (Lipinski definition) is 3. The van der Waals surface area contributed by atoms with E-state index in [1.54, 1.807) is 0 Å². The first-order valence-corrected chi connectivity index (χ1v) is 7.93. The molecule has 0 aromatic carbocycles. The molecule has 108 valence electrons. The van der Waals surface area contributed by atoms with Gasteiger partial charge in [-0.2, -0.15) is 0 Å². The van der Waals surface area contributed by atoms with Gasteiger partial charge in [0.05, 0.1) is 5.69 Å². The number of piperidine rings is 1. The molecule has 1 aliphatic carbocycles. The van der Waals surface area contributed by atoms with Gasteiger partial charge in [0.25, 0.3) is 0 Å². The van der Waals surface area contributed by atoms with Gasteiger partial charge in [0, 0.05) is 30.6 Å². The maximum atomic E-state index is 12.1. The van der Waals surface area contributed by atoms with Crippen LogP contribution in [-0.4, -0.2) is 28.3 Å². The highest BCUT2D eigenvalue weighted by molar-refractivity contribution is 5.83. The van der Waals surface area contributed by atoms with Crippen LogP contribution in [0.2, 0.25) is 0 Å². The van der Waals surface area contributed by atoms with Crippen LogP contribution in [0.25, 0.3) is 0 Å². The summed E-state index contributed by atoms with van der Waals surface area (Å²) in [6.45, 7) is 4.05. The van der Waals surface area contributed by atoms with E-state index >= 15 is 0 Å². The summed E-state index contributed by atoms with van der Waals surface area (Å²) in [6, 6.07) is 6.69. The van der Waals surface area contributed by atoms with Gasteiger partial charge in [-0.05, 0) is 51.3 Å². The number of aryl methyl sites for hydroxylation is 1. The monoisotopic (exact) mass is 272 g/mol. The zero-order chi connectivity index (χ0) is 13.9. The minimum Gasteiger partial charge on any atom is -0.299 e. The average Bonchev–Trinajstić information content (AvgIpc) is 2.86. The van der Waals surface area contributed by atoms with Gasteiger partial charge >= 0.3 is 0 Å². The highest BCUT2D eigenvalue weighted by Crippen LogP contribution is 2.33. The van der Waals surface area contributed by atoms with Gasteiger partial charge in [-0.25, -0.2) is 0 Å². The Hall–Kier alpha value is -1.22. The summed E-state index contributed by atoms with van der Waals surface area (Å²) in [4.78, 5) is 19.2. The maximum Gasteiger partial charge on any atom is 0.137 e. The van der Waals surface area contributed by atoms with Gasteiger partial charge in [-0.1, -0.05) is 12.5 Å². The fourth-order valence-corrected chi connectivity index (χ4v) is 3.81. The molecule has 0 bridgehead atoms. The molecule has 3 rings (SSSR count). The second-order valence-electron chi connectivity index (χ2n) is 6.27. The van der Waals surface area contributed by atoms with Crippen molar-refractivity contribution in [1.29, 1.82) is 0 Å². The Bertz CT molecular complexity index is 486. The fraction of sp³-hybridized carbons (Fsp3) is 0.647. The lowest BCUT2D eigenvalue weighted by Crippen LogP contribution is -2.45. The van der Waals surface area contributed by atoms with E-state index in [-0.39, 0.29) is 0 Å². The Balaban J connectivity index is 1.73. The van der Waals surface area contributed by atoms with Crippen LogP contribution in [0.5, 0.6) is 0 Å². The molecule has 2 heterocycles. The van der Waals surface area contributed by atoms with Crippen LogP contribution in [0.1, 0.15) is 49.9 Å². The summed E-state index contributed by atoms with van der Waals surface area (Å²) in [6.07, 6.45) is 6.70. The smallest absolute Gasteiger partial charge is 0.137 e. The normalized spacial score (nSPS) is 27.9. The van der Waals surface area contributed by atoms with Crippen LogP contribution in [0.3, 0.4) is 0 Å². The van der Waals surface area contributed by atoms with Crippen molar-refractivity contribution in [3.63, 3.8) is 0 Å². The third kappa shape index (κ3) is 2.93. The molecular formula is C17H24N2O. The molecule has 1 saturated carbocycles. The molecule has 1 aliphatic heterocycles. The lowest BCUT2D eigenvalue weighted by atomic mass is 9.88. The summed E-state index contributed by atoms with van der Waals surface area (Å²) in [7, 11) is 0. The predicted octanol–water partition coefficient (Wildman–Crippen LogP) is 3.11. The molecule has 0 radical (unpaired) electrons. The standard InChI is InChI=1S/C17H24N2O/c1-13-6-4-7-14(18-13)12-19-11-3-2-9-16(19)15-8-5-10-17(15)20/h4,6-7,15-16H,2-3,5,8-12H2,1H3. The number of pyridine rings is 1. The van der Waals surface area contributed by atoms with Crippen molar-refractivity contribution >= 4 is 5.78 Å². The SMILES string of the molecule is Cc1cccc(CN2CCCCC2C2CCCC2=O)n1. The lowest BCUT2D eigenvalue weighted by molar-refractivity contribution is -0.123. The number of hydrogen-bond donors (Lipinski definition) is 0. The van der Waals surface area contributed by atoms with Crippen molar-refractivity contribution in [3.8, 4) is 0 Å². The van der Waals surface area contributed by atoms with Crippen molar-refractivity contribution in [2.75, 3.05) is 6.54 Å². The van der Waals surface area contributed by atoms with E-state index in [4.69, 9.17) is 0 Å². The van der Waals surface area contributed by atoms with Crippen LogP contribution in [0.15, 0.2) is 18.2 Å². The number of likely N-dealkylation sites (tertiary alicyclic amines) is 1. The summed E-state index contributed by atoms with van der Waals surface area (Å²) < 4.78 is 0. The molecular weight excluding hydrogens is 248 g/mol. The van der Waals surface area contributed by atoms with Crippen LogP contribution in [0, 0.1) is 12.8 Å². The van der Waals surface area contributed by atoms with E-state index in [1.807, 2.05) is 13.0 Å². The van der Waals surface area contributed by atoms with E-state index < -0.39 is 0 Å². The molecule has 3 nitrogen and oxygen atoms in total. The summed E-state index contributed by atoms with van der Waals surface area (Å²) in [5.41, 5.74) is 2.22. The molecule has 2 atom stereocenters. The Kier molecular flexibility index (Phi) is 4.16. The van der Waals surface area contributed by atoms with Gasteiger partial charge in [0.15, 0.2) is 0 Å². The topological polar surface area (TPSA) is 33.2 Å². The fourth-order valence-electron chi connectivity index (χ4n) is 3.81. The van der Waals surface area contributed by atoms with E-state index in [0.717, 1.165) is 43.7 Å². The highest BCUT2D eigenvalue weighted by Gasteiger charge is 2.36. The molecule has 1 aromatic rings. The van der Waals surface area contributed by atoms with Crippen molar-refractivity contribution in [2.24, 2.45) is 5.92 Å². The second kappa shape index (κ2) is 6.04. The molecule has 0 amide bonds. The predicted molar refractivity (Wildman–Crippen MR) is 79.4 cm³/mol. The minimum atomic E-state index is 0.292. The molecule has 3 heteroatoms. The first-order chi connectivity index (χ1) is 9.74. The molecule has 2 unspecified atom stereocenters. The third-order valence-corrected chi connectivity index (χ3v) is 4.79. The first-order valence-electron chi connectivity index (χ1n) is 7.93. The van der Waals surface area contributed by atoms with E-state index in [2.05, 4.69) is 22.0 Å². The van der Waals surface area contributed by atoms with Gasteiger partial charge in [0.1, 0.15) is 5.78 Å². The number of nitrogens with zero attached hydrogens (tertiary/aromatic N) is 2. The number of aromatic nitrogens is 1. The van der Waals surface area contributed by atoms with E-state index in [9.17, 15) is 4.79 Å². The average molecular weight is 272 g/mol. The van der Waals surface area contributed by atoms with Crippen molar-refractivity contribution in [3.05, 3.63) is 29.6 Å². The molecule has 0 spiro atoms. The summed E-state index contributed by atoms with van der Waals surface area (Å²) in [5, 5.41) is 0. The number of carbonyl (C=O) groups excluding carboxylic acids is 1. The Morgan fingerprint density at radius 3 is 2.90 bits per heavy atom. The van der Waals surface area contributed by atoms with Crippen LogP contribution in [-0.2, 0) is 11.3 Å². The molecule has 20 heavy (non-hydrogen) atoms. The summed E-state index contributed by atoms with van der Waals surface area (Å²) in [5.74, 6) is 0.791. The maximum absolute atomic E-state index is 12.1. The molecule has 1 aromatic heterocycles.